The van der Waals surface area contributed by atoms with Crippen LogP contribution in [0.2, 0.25) is 0 Å². The summed E-state index contributed by atoms with van der Waals surface area (Å²) in [4.78, 5) is 28.0. The Hall–Kier alpha value is -3.10. The van der Waals surface area contributed by atoms with Crippen molar-refractivity contribution in [1.82, 2.24) is 9.97 Å². The Labute approximate surface area is 117 Å². The molecule has 0 amide bonds. The molecule has 108 valence electrons. The quantitative estimate of drug-likeness (QED) is 0.679. The molecular formula is C12H8FN3O5. The number of hydrogen-bond acceptors (Lipinski definition) is 6. The van der Waals surface area contributed by atoms with Crippen molar-refractivity contribution in [3.8, 4) is 11.8 Å². The van der Waals surface area contributed by atoms with E-state index in [0.717, 1.165) is 12.1 Å². The first-order valence-corrected chi connectivity index (χ1v) is 5.57. The minimum absolute atomic E-state index is 0.306. The SMILES string of the molecule is Cc1cc(C(=O)O)nc(Oc2ccc([N+](=O)[O-])cc2F)n1. The summed E-state index contributed by atoms with van der Waals surface area (Å²) in [6.07, 6.45) is 0. The number of aryl methyl sites for hydroxylation is 1. The molecule has 0 aliphatic heterocycles. The average molecular weight is 293 g/mol. The molecule has 1 aromatic carbocycles. The highest BCUT2D eigenvalue weighted by molar-refractivity contribution is 5.85. The van der Waals surface area contributed by atoms with E-state index in [1.807, 2.05) is 0 Å². The van der Waals surface area contributed by atoms with Gasteiger partial charge in [-0.1, -0.05) is 0 Å². The lowest BCUT2D eigenvalue weighted by atomic mass is 10.3. The Kier molecular flexibility index (Phi) is 3.74. The third kappa shape index (κ3) is 3.26. The van der Waals surface area contributed by atoms with Crippen molar-refractivity contribution in [2.24, 2.45) is 0 Å². The monoisotopic (exact) mass is 293 g/mol. The second kappa shape index (κ2) is 5.49. The number of ether oxygens (including phenoxy) is 1. The highest BCUT2D eigenvalue weighted by atomic mass is 19.1. The number of nitro benzene ring substituents is 1. The third-order valence-corrected chi connectivity index (χ3v) is 2.38. The van der Waals surface area contributed by atoms with Crippen LogP contribution in [0.5, 0.6) is 11.8 Å². The van der Waals surface area contributed by atoms with Gasteiger partial charge in [-0.3, -0.25) is 10.1 Å². The number of benzene rings is 1. The molecule has 2 rings (SSSR count). The van der Waals surface area contributed by atoms with Gasteiger partial charge in [0.2, 0.25) is 0 Å². The minimum atomic E-state index is -1.28. The molecule has 9 heteroatoms. The molecule has 1 aromatic heterocycles. The molecule has 0 radical (unpaired) electrons. The zero-order chi connectivity index (χ0) is 15.6. The van der Waals surface area contributed by atoms with Crippen LogP contribution in [0.4, 0.5) is 10.1 Å². The number of carboxylic acid groups (broad SMARTS) is 1. The Morgan fingerprint density at radius 2 is 2.10 bits per heavy atom. The predicted octanol–water partition coefficient (Wildman–Crippen LogP) is 2.32. The van der Waals surface area contributed by atoms with Crippen molar-refractivity contribution < 1.29 is 24.0 Å². The van der Waals surface area contributed by atoms with E-state index in [1.54, 1.807) is 0 Å². The molecule has 0 aliphatic carbocycles. The summed E-state index contributed by atoms with van der Waals surface area (Å²) in [6, 6.07) is 3.64. The van der Waals surface area contributed by atoms with E-state index >= 15 is 0 Å². The molecule has 8 nitrogen and oxygen atoms in total. The Morgan fingerprint density at radius 1 is 1.38 bits per heavy atom. The van der Waals surface area contributed by atoms with Gasteiger partial charge in [-0.05, 0) is 19.1 Å². The number of halogens is 1. The Morgan fingerprint density at radius 3 is 2.67 bits per heavy atom. The zero-order valence-electron chi connectivity index (χ0n) is 10.6. The molecule has 1 heterocycles. The predicted molar refractivity (Wildman–Crippen MR) is 66.9 cm³/mol. The number of rotatable bonds is 4. The molecule has 1 N–H and O–H groups in total. The van der Waals surface area contributed by atoms with Gasteiger partial charge in [0.15, 0.2) is 17.3 Å². The minimum Gasteiger partial charge on any atom is -0.477 e. The molecule has 0 bridgehead atoms. The molecule has 0 aliphatic rings. The fourth-order valence-corrected chi connectivity index (χ4v) is 1.48. The fraction of sp³-hybridized carbons (Fsp3) is 0.0833. The van der Waals surface area contributed by atoms with Crippen molar-refractivity contribution >= 4 is 11.7 Å². The number of nitro groups is 1. The molecule has 0 atom stereocenters. The first-order chi connectivity index (χ1) is 9.86. The van der Waals surface area contributed by atoms with Crippen LogP contribution in [0.25, 0.3) is 0 Å². The summed E-state index contributed by atoms with van der Waals surface area (Å²) in [6.45, 7) is 1.52. The van der Waals surface area contributed by atoms with Crippen LogP contribution in [-0.4, -0.2) is 26.0 Å². The largest absolute Gasteiger partial charge is 0.477 e. The van der Waals surface area contributed by atoms with Gasteiger partial charge in [-0.15, -0.1) is 0 Å². The number of non-ortho nitro benzene ring substituents is 1. The van der Waals surface area contributed by atoms with Crippen molar-refractivity contribution in [2.45, 2.75) is 6.92 Å². The van der Waals surface area contributed by atoms with Crippen molar-refractivity contribution in [1.29, 1.82) is 0 Å². The molecular weight excluding hydrogens is 285 g/mol. The molecule has 2 aromatic rings. The van der Waals surface area contributed by atoms with Gasteiger partial charge in [0, 0.05) is 11.8 Å². The van der Waals surface area contributed by atoms with Gasteiger partial charge in [0.1, 0.15) is 0 Å². The summed E-state index contributed by atoms with van der Waals surface area (Å²) < 4.78 is 18.7. The molecule has 0 saturated heterocycles. The van der Waals surface area contributed by atoms with E-state index in [4.69, 9.17) is 9.84 Å². The summed E-state index contributed by atoms with van der Waals surface area (Å²) >= 11 is 0. The topological polar surface area (TPSA) is 115 Å². The van der Waals surface area contributed by atoms with Crippen LogP contribution in [0, 0.1) is 22.9 Å². The van der Waals surface area contributed by atoms with Crippen molar-refractivity contribution in [3.63, 3.8) is 0 Å². The van der Waals surface area contributed by atoms with Gasteiger partial charge in [-0.2, -0.15) is 4.98 Å². The lowest BCUT2D eigenvalue weighted by molar-refractivity contribution is -0.385. The van der Waals surface area contributed by atoms with Crippen molar-refractivity contribution in [3.05, 3.63) is 51.6 Å². The number of carboxylic acids is 1. The lowest BCUT2D eigenvalue weighted by Crippen LogP contribution is -2.05. The van der Waals surface area contributed by atoms with Crippen molar-refractivity contribution in [2.75, 3.05) is 0 Å². The first-order valence-electron chi connectivity index (χ1n) is 5.57. The summed E-state index contributed by atoms with van der Waals surface area (Å²) in [7, 11) is 0. The second-order valence-electron chi connectivity index (χ2n) is 3.96. The van der Waals surface area contributed by atoms with Gasteiger partial charge >= 0.3 is 12.0 Å². The normalized spacial score (nSPS) is 10.2. The third-order valence-electron chi connectivity index (χ3n) is 2.38. The Balaban J connectivity index is 2.34. The van der Waals surface area contributed by atoms with Crippen LogP contribution >= 0.6 is 0 Å². The maximum absolute atomic E-state index is 13.7. The van der Waals surface area contributed by atoms with Gasteiger partial charge < -0.3 is 9.84 Å². The van der Waals surface area contributed by atoms with E-state index in [-0.39, 0.29) is 17.5 Å². The van der Waals surface area contributed by atoms with E-state index in [0.29, 0.717) is 11.8 Å². The standard InChI is InChI=1S/C12H8FN3O5/c1-6-4-9(11(17)18)15-12(14-6)21-10-3-2-7(16(19)20)5-8(10)13/h2-5H,1H3,(H,17,18). The highest BCUT2D eigenvalue weighted by Gasteiger charge is 2.15. The lowest BCUT2D eigenvalue weighted by Gasteiger charge is -2.06. The van der Waals surface area contributed by atoms with E-state index in [2.05, 4.69) is 9.97 Å². The number of nitrogens with zero attached hydrogens (tertiary/aromatic N) is 3. The summed E-state index contributed by atoms with van der Waals surface area (Å²) in [5.74, 6) is -2.61. The van der Waals surface area contributed by atoms with Crippen LogP contribution < -0.4 is 4.74 Å². The average Bonchev–Trinajstić information content (AvgIpc) is 2.40. The Bertz CT molecular complexity index is 735. The summed E-state index contributed by atoms with van der Waals surface area (Å²) in [5.41, 5.74) is -0.421. The van der Waals surface area contributed by atoms with E-state index in [9.17, 15) is 19.3 Å². The first kappa shape index (κ1) is 14.3. The van der Waals surface area contributed by atoms with Gasteiger partial charge in [0.05, 0.1) is 11.0 Å². The molecule has 0 fully saturated rings. The molecule has 0 spiro atoms. The van der Waals surface area contributed by atoms with Gasteiger partial charge in [-0.25, -0.2) is 14.2 Å². The van der Waals surface area contributed by atoms with E-state index in [1.165, 1.54) is 13.0 Å². The van der Waals surface area contributed by atoms with Crippen LogP contribution in [0.3, 0.4) is 0 Å². The molecule has 21 heavy (non-hydrogen) atoms. The smallest absolute Gasteiger partial charge is 0.354 e. The van der Waals surface area contributed by atoms with E-state index < -0.39 is 22.4 Å². The highest BCUT2D eigenvalue weighted by Crippen LogP contribution is 2.25. The van der Waals surface area contributed by atoms with Crippen LogP contribution in [-0.2, 0) is 0 Å². The molecule has 0 saturated carbocycles. The van der Waals surface area contributed by atoms with Crippen LogP contribution in [0.15, 0.2) is 24.3 Å². The summed E-state index contributed by atoms with van der Waals surface area (Å²) in [5, 5.41) is 19.4. The maximum Gasteiger partial charge on any atom is 0.354 e. The number of aromatic nitrogens is 2. The zero-order valence-corrected chi connectivity index (χ0v) is 10.6. The number of hydrogen-bond donors (Lipinski definition) is 1. The number of carbonyl (C=O) groups is 1. The second-order valence-corrected chi connectivity index (χ2v) is 3.96. The fourth-order valence-electron chi connectivity index (χ4n) is 1.48. The molecule has 0 unspecified atom stereocenters. The van der Waals surface area contributed by atoms with Crippen LogP contribution in [0.1, 0.15) is 16.2 Å². The van der Waals surface area contributed by atoms with Gasteiger partial charge in [0.25, 0.3) is 5.69 Å². The maximum atomic E-state index is 13.7. The number of aromatic carboxylic acids is 1.